The van der Waals surface area contributed by atoms with Crippen LogP contribution in [0.25, 0.3) is 0 Å². The zero-order valence-electron chi connectivity index (χ0n) is 10.8. The van der Waals surface area contributed by atoms with Crippen LogP contribution in [0.15, 0.2) is 28.7 Å². The van der Waals surface area contributed by atoms with Crippen molar-refractivity contribution in [3.63, 3.8) is 0 Å². The molecule has 7 heteroatoms. The van der Waals surface area contributed by atoms with Gasteiger partial charge in [-0.3, -0.25) is 0 Å². The van der Waals surface area contributed by atoms with Gasteiger partial charge >= 0.3 is 6.18 Å². The van der Waals surface area contributed by atoms with Crippen LogP contribution in [-0.4, -0.2) is 16.4 Å². The molecule has 108 valence electrons. The van der Waals surface area contributed by atoms with E-state index < -0.39 is 23.9 Å². The van der Waals surface area contributed by atoms with Gasteiger partial charge in [-0.15, -0.1) is 10.2 Å². The van der Waals surface area contributed by atoms with E-state index >= 15 is 0 Å². The third kappa shape index (κ3) is 3.12. The molecule has 20 heavy (non-hydrogen) atoms. The van der Waals surface area contributed by atoms with E-state index in [-0.39, 0.29) is 5.89 Å². The van der Waals surface area contributed by atoms with Gasteiger partial charge in [0.25, 0.3) is 0 Å². The van der Waals surface area contributed by atoms with Gasteiger partial charge in [0.05, 0.1) is 5.41 Å². The second kappa shape index (κ2) is 5.09. The lowest BCUT2D eigenvalue weighted by molar-refractivity contribution is -0.131. The van der Waals surface area contributed by atoms with Gasteiger partial charge in [-0.05, 0) is 25.5 Å². The Balaban J connectivity index is 2.33. The molecule has 0 radical (unpaired) electrons. The molecule has 0 saturated carbocycles. The molecular weight excluding hydrogens is 293 g/mol. The molecule has 0 saturated heterocycles. The highest BCUT2D eigenvalue weighted by Gasteiger charge is 2.35. The second-order valence-corrected chi connectivity index (χ2v) is 5.30. The topological polar surface area (TPSA) is 38.9 Å². The Hall–Kier alpha value is -1.56. The first kappa shape index (κ1) is 14.8. The predicted octanol–water partition coefficient (Wildman–Crippen LogP) is 4.15. The maximum absolute atomic E-state index is 12.3. The van der Waals surface area contributed by atoms with Gasteiger partial charge in [0.2, 0.25) is 11.8 Å². The zero-order valence-corrected chi connectivity index (χ0v) is 11.6. The molecule has 1 aromatic heterocycles. The minimum atomic E-state index is -4.38. The summed E-state index contributed by atoms with van der Waals surface area (Å²) in [5, 5.41) is 7.65. The second-order valence-electron chi connectivity index (χ2n) is 4.90. The standard InChI is InChI=1S/C13H12ClF3N2O/c1-12(2,8-5-3-4-6-9(8)14)11-19-18-10(20-11)7-13(15,16)17/h3-6H,7H2,1-2H3. The molecule has 0 atom stereocenters. The summed E-state index contributed by atoms with van der Waals surface area (Å²) in [5.41, 5.74) is -0.0567. The van der Waals surface area contributed by atoms with Gasteiger partial charge in [0.15, 0.2) is 0 Å². The largest absolute Gasteiger partial charge is 0.424 e. The Bertz CT molecular complexity index is 608. The molecule has 3 nitrogen and oxygen atoms in total. The van der Waals surface area contributed by atoms with E-state index in [1.165, 1.54) is 0 Å². The first-order valence-corrected chi connectivity index (χ1v) is 6.22. The fraction of sp³-hybridized carbons (Fsp3) is 0.385. The molecule has 1 aromatic carbocycles. The summed E-state index contributed by atoms with van der Waals surface area (Å²) in [6.45, 7) is 3.53. The summed E-state index contributed by atoms with van der Waals surface area (Å²) >= 11 is 6.10. The number of nitrogens with zero attached hydrogens (tertiary/aromatic N) is 2. The lowest BCUT2D eigenvalue weighted by atomic mass is 9.84. The third-order valence-electron chi connectivity index (χ3n) is 2.90. The van der Waals surface area contributed by atoms with E-state index in [4.69, 9.17) is 16.0 Å². The maximum Gasteiger partial charge on any atom is 0.397 e. The summed E-state index contributed by atoms with van der Waals surface area (Å²) in [6.07, 6.45) is -5.61. The normalized spacial score (nSPS) is 12.7. The molecule has 0 aliphatic carbocycles. The first-order valence-electron chi connectivity index (χ1n) is 5.85. The van der Waals surface area contributed by atoms with E-state index in [1.807, 2.05) is 0 Å². The van der Waals surface area contributed by atoms with Gasteiger partial charge in [0, 0.05) is 5.02 Å². The minimum absolute atomic E-state index is 0.102. The monoisotopic (exact) mass is 304 g/mol. The predicted molar refractivity (Wildman–Crippen MR) is 67.6 cm³/mol. The van der Waals surface area contributed by atoms with E-state index in [9.17, 15) is 13.2 Å². The highest BCUT2D eigenvalue weighted by Crippen LogP contribution is 2.35. The Labute approximate surface area is 118 Å². The summed E-state index contributed by atoms with van der Waals surface area (Å²) in [4.78, 5) is 0. The quantitative estimate of drug-likeness (QED) is 0.855. The summed E-state index contributed by atoms with van der Waals surface area (Å²) < 4.78 is 42.0. The van der Waals surface area contributed by atoms with E-state index in [0.717, 1.165) is 0 Å². The van der Waals surface area contributed by atoms with Crippen LogP contribution in [0.4, 0.5) is 13.2 Å². The van der Waals surface area contributed by atoms with Crippen LogP contribution in [0.3, 0.4) is 0 Å². The van der Waals surface area contributed by atoms with Crippen molar-refractivity contribution in [2.24, 2.45) is 0 Å². The fourth-order valence-electron chi connectivity index (χ4n) is 1.83. The first-order chi connectivity index (χ1) is 9.20. The molecule has 0 aliphatic rings. The number of hydrogen-bond acceptors (Lipinski definition) is 3. The van der Waals surface area contributed by atoms with Crippen molar-refractivity contribution in [3.05, 3.63) is 46.6 Å². The molecule has 0 unspecified atom stereocenters. The molecule has 0 amide bonds. The fourth-order valence-corrected chi connectivity index (χ4v) is 2.20. The number of aromatic nitrogens is 2. The van der Waals surface area contributed by atoms with E-state index in [0.29, 0.717) is 10.6 Å². The SMILES string of the molecule is CC(C)(c1nnc(CC(F)(F)F)o1)c1ccccc1Cl. The number of hydrogen-bond donors (Lipinski definition) is 0. The van der Waals surface area contributed by atoms with Crippen LogP contribution < -0.4 is 0 Å². The van der Waals surface area contributed by atoms with Crippen LogP contribution in [0.5, 0.6) is 0 Å². The number of alkyl halides is 3. The average molecular weight is 305 g/mol. The average Bonchev–Trinajstić information content (AvgIpc) is 2.76. The van der Waals surface area contributed by atoms with Crippen LogP contribution in [0, 0.1) is 0 Å². The van der Waals surface area contributed by atoms with Crippen LogP contribution in [-0.2, 0) is 11.8 Å². The van der Waals surface area contributed by atoms with Gasteiger partial charge < -0.3 is 4.42 Å². The minimum Gasteiger partial charge on any atom is -0.424 e. The maximum atomic E-state index is 12.3. The van der Waals surface area contributed by atoms with Crippen molar-refractivity contribution >= 4 is 11.6 Å². The van der Waals surface area contributed by atoms with Gasteiger partial charge in [-0.2, -0.15) is 13.2 Å². The van der Waals surface area contributed by atoms with Crippen LogP contribution in [0.1, 0.15) is 31.2 Å². The lowest BCUT2D eigenvalue weighted by Gasteiger charge is -2.21. The van der Waals surface area contributed by atoms with Crippen LogP contribution in [0.2, 0.25) is 5.02 Å². The molecule has 0 bridgehead atoms. The molecular formula is C13H12ClF3N2O. The number of benzene rings is 1. The van der Waals surface area contributed by atoms with Crippen molar-refractivity contribution in [2.45, 2.75) is 31.9 Å². The van der Waals surface area contributed by atoms with E-state index in [2.05, 4.69) is 10.2 Å². The molecule has 1 heterocycles. The molecule has 0 fully saturated rings. The summed E-state index contributed by atoms with van der Waals surface area (Å²) in [6, 6.07) is 7.03. The van der Waals surface area contributed by atoms with Crippen molar-refractivity contribution < 1.29 is 17.6 Å². The third-order valence-corrected chi connectivity index (χ3v) is 3.23. The summed E-state index contributed by atoms with van der Waals surface area (Å²) in [5.74, 6) is -0.350. The Kier molecular flexibility index (Phi) is 3.77. The van der Waals surface area contributed by atoms with Crippen molar-refractivity contribution in [1.82, 2.24) is 10.2 Å². The Morgan fingerprint density at radius 1 is 1.15 bits per heavy atom. The molecule has 0 aliphatic heterocycles. The molecule has 0 spiro atoms. The number of halogens is 4. The van der Waals surface area contributed by atoms with Crippen molar-refractivity contribution in [3.8, 4) is 0 Å². The van der Waals surface area contributed by atoms with Crippen molar-refractivity contribution in [1.29, 1.82) is 0 Å². The highest BCUT2D eigenvalue weighted by molar-refractivity contribution is 6.31. The zero-order chi connectivity index (χ0) is 15.0. The molecule has 0 N–H and O–H groups in total. The van der Waals surface area contributed by atoms with Crippen LogP contribution >= 0.6 is 11.6 Å². The van der Waals surface area contributed by atoms with Gasteiger partial charge in [0.1, 0.15) is 6.42 Å². The van der Waals surface area contributed by atoms with Gasteiger partial charge in [-0.1, -0.05) is 29.8 Å². The Morgan fingerprint density at radius 2 is 1.80 bits per heavy atom. The van der Waals surface area contributed by atoms with Gasteiger partial charge in [-0.25, -0.2) is 0 Å². The smallest absolute Gasteiger partial charge is 0.397 e. The lowest BCUT2D eigenvalue weighted by Crippen LogP contribution is -2.20. The highest BCUT2D eigenvalue weighted by atomic mass is 35.5. The molecule has 2 rings (SSSR count). The van der Waals surface area contributed by atoms with Crippen molar-refractivity contribution in [2.75, 3.05) is 0 Å². The number of rotatable bonds is 3. The molecule has 2 aromatic rings. The Morgan fingerprint density at radius 3 is 2.40 bits per heavy atom. The van der Waals surface area contributed by atoms with E-state index in [1.54, 1.807) is 38.1 Å². The summed E-state index contributed by atoms with van der Waals surface area (Å²) in [7, 11) is 0.